The van der Waals surface area contributed by atoms with Gasteiger partial charge in [-0.3, -0.25) is 0 Å². The number of fused-ring (bicyclic) bond motifs is 3. The van der Waals surface area contributed by atoms with Crippen LogP contribution in [-0.2, 0) is 0 Å². The molecule has 4 aromatic rings. The first-order chi connectivity index (χ1) is 12.3. The fraction of sp³-hybridized carbons (Fsp3) is 0.105. The van der Waals surface area contributed by atoms with Crippen LogP contribution in [0.25, 0.3) is 33.1 Å². The highest BCUT2D eigenvalue weighted by molar-refractivity contribution is 6.06. The first-order valence-electron chi connectivity index (χ1n) is 7.89. The SMILES string of the molecule is N#Cc1cc2c(cn1)[nH]c1ncc(-c3ccc(OCCN)cc3)cc12. The molecule has 25 heavy (non-hydrogen) atoms. The fourth-order valence-corrected chi connectivity index (χ4v) is 2.81. The van der Waals surface area contributed by atoms with Gasteiger partial charge in [-0.1, -0.05) is 12.1 Å². The van der Waals surface area contributed by atoms with Gasteiger partial charge in [0.25, 0.3) is 0 Å². The molecule has 0 fully saturated rings. The summed E-state index contributed by atoms with van der Waals surface area (Å²) in [6.07, 6.45) is 3.49. The number of hydrogen-bond donors (Lipinski definition) is 2. The molecular formula is C19H15N5O. The van der Waals surface area contributed by atoms with Crippen LogP contribution in [0.2, 0.25) is 0 Å². The second kappa shape index (κ2) is 6.23. The molecule has 4 rings (SSSR count). The van der Waals surface area contributed by atoms with Crippen molar-refractivity contribution in [2.45, 2.75) is 0 Å². The normalized spacial score (nSPS) is 10.9. The van der Waals surface area contributed by atoms with Gasteiger partial charge < -0.3 is 15.5 Å². The summed E-state index contributed by atoms with van der Waals surface area (Å²) in [5.41, 5.74) is 9.51. The molecule has 3 N–H and O–H groups in total. The van der Waals surface area contributed by atoms with Crippen molar-refractivity contribution in [2.75, 3.05) is 13.2 Å². The van der Waals surface area contributed by atoms with E-state index in [1.165, 1.54) is 0 Å². The van der Waals surface area contributed by atoms with Crippen LogP contribution in [0.1, 0.15) is 5.69 Å². The lowest BCUT2D eigenvalue weighted by molar-refractivity contribution is 0.328. The molecule has 3 heterocycles. The van der Waals surface area contributed by atoms with Crippen molar-refractivity contribution in [1.29, 1.82) is 5.26 Å². The highest BCUT2D eigenvalue weighted by Gasteiger charge is 2.09. The van der Waals surface area contributed by atoms with E-state index in [-0.39, 0.29) is 0 Å². The Morgan fingerprint density at radius 2 is 1.88 bits per heavy atom. The van der Waals surface area contributed by atoms with E-state index in [0.29, 0.717) is 18.8 Å². The summed E-state index contributed by atoms with van der Waals surface area (Å²) in [6, 6.07) is 13.7. The number of aromatic amines is 1. The lowest BCUT2D eigenvalue weighted by atomic mass is 10.1. The first kappa shape index (κ1) is 15.1. The molecule has 0 aliphatic carbocycles. The quantitative estimate of drug-likeness (QED) is 0.599. The molecule has 0 bridgehead atoms. The minimum Gasteiger partial charge on any atom is -0.492 e. The number of aromatic nitrogens is 3. The lowest BCUT2D eigenvalue weighted by Crippen LogP contribution is -2.10. The number of nitrogens with one attached hydrogen (secondary N) is 1. The molecule has 0 saturated heterocycles. The Kier molecular flexibility index (Phi) is 3.77. The highest BCUT2D eigenvalue weighted by Crippen LogP contribution is 2.29. The Hall–Kier alpha value is -3.43. The van der Waals surface area contributed by atoms with E-state index in [2.05, 4.69) is 27.1 Å². The monoisotopic (exact) mass is 329 g/mol. The van der Waals surface area contributed by atoms with Gasteiger partial charge in [-0.25, -0.2) is 9.97 Å². The Morgan fingerprint density at radius 3 is 2.64 bits per heavy atom. The maximum atomic E-state index is 9.07. The van der Waals surface area contributed by atoms with Crippen LogP contribution < -0.4 is 10.5 Å². The number of H-pyrrole nitrogens is 1. The van der Waals surface area contributed by atoms with Crippen molar-refractivity contribution < 1.29 is 4.74 Å². The number of nitrogens with zero attached hydrogens (tertiary/aromatic N) is 3. The summed E-state index contributed by atoms with van der Waals surface area (Å²) >= 11 is 0. The molecule has 0 radical (unpaired) electrons. The van der Waals surface area contributed by atoms with Crippen LogP contribution in [0.3, 0.4) is 0 Å². The average Bonchev–Trinajstić information content (AvgIpc) is 3.03. The average molecular weight is 329 g/mol. The number of nitriles is 1. The van der Waals surface area contributed by atoms with Crippen molar-refractivity contribution in [3.8, 4) is 22.9 Å². The van der Waals surface area contributed by atoms with Crippen LogP contribution in [-0.4, -0.2) is 28.1 Å². The number of hydrogen-bond acceptors (Lipinski definition) is 5. The van der Waals surface area contributed by atoms with Crippen molar-refractivity contribution in [3.63, 3.8) is 0 Å². The van der Waals surface area contributed by atoms with E-state index in [0.717, 1.165) is 38.8 Å². The van der Waals surface area contributed by atoms with Gasteiger partial charge in [0.1, 0.15) is 29.8 Å². The molecule has 0 spiro atoms. The summed E-state index contributed by atoms with van der Waals surface area (Å²) in [6.45, 7) is 0.986. The lowest BCUT2D eigenvalue weighted by Gasteiger charge is -2.06. The predicted molar refractivity (Wildman–Crippen MR) is 96.1 cm³/mol. The largest absolute Gasteiger partial charge is 0.492 e. The molecule has 6 nitrogen and oxygen atoms in total. The van der Waals surface area contributed by atoms with Crippen LogP contribution in [0.15, 0.2) is 48.8 Å². The topological polar surface area (TPSA) is 101 Å². The van der Waals surface area contributed by atoms with Gasteiger partial charge in [-0.15, -0.1) is 0 Å². The zero-order valence-electron chi connectivity index (χ0n) is 13.4. The summed E-state index contributed by atoms with van der Waals surface area (Å²) in [4.78, 5) is 11.8. The standard InChI is InChI=1S/C19H15N5O/c20-5-6-25-15-3-1-12(2-4-15)13-7-17-16-8-14(9-21)22-11-18(16)24-19(17)23-10-13/h1-4,7-8,10-11H,5-6,20H2,(H,23,24). The van der Waals surface area contributed by atoms with Crippen LogP contribution in [0.4, 0.5) is 0 Å². The summed E-state index contributed by atoms with van der Waals surface area (Å²) in [5, 5.41) is 11.0. The molecule has 3 aromatic heterocycles. The molecule has 0 aliphatic heterocycles. The van der Waals surface area contributed by atoms with Gasteiger partial charge in [-0.05, 0) is 29.8 Å². The molecule has 0 aliphatic rings. The minimum atomic E-state index is 0.389. The number of nitrogens with two attached hydrogens (primary N) is 1. The van der Waals surface area contributed by atoms with Gasteiger partial charge >= 0.3 is 0 Å². The first-order valence-corrected chi connectivity index (χ1v) is 7.89. The molecule has 6 heteroatoms. The number of benzene rings is 1. The number of rotatable bonds is 4. The van der Waals surface area contributed by atoms with E-state index >= 15 is 0 Å². The van der Waals surface area contributed by atoms with E-state index in [9.17, 15) is 0 Å². The van der Waals surface area contributed by atoms with Crippen LogP contribution in [0, 0.1) is 11.3 Å². The van der Waals surface area contributed by atoms with Crippen molar-refractivity contribution >= 4 is 21.9 Å². The summed E-state index contributed by atoms with van der Waals surface area (Å²) < 4.78 is 5.50. The van der Waals surface area contributed by atoms with Crippen molar-refractivity contribution in [3.05, 3.63) is 54.5 Å². The van der Waals surface area contributed by atoms with Crippen molar-refractivity contribution in [2.24, 2.45) is 5.73 Å². The highest BCUT2D eigenvalue weighted by atomic mass is 16.5. The van der Waals surface area contributed by atoms with Crippen LogP contribution in [0.5, 0.6) is 5.75 Å². The Bertz CT molecular complexity index is 1090. The van der Waals surface area contributed by atoms with E-state index in [4.69, 9.17) is 15.7 Å². The van der Waals surface area contributed by atoms with E-state index < -0.39 is 0 Å². The molecular weight excluding hydrogens is 314 g/mol. The number of pyridine rings is 2. The summed E-state index contributed by atoms with van der Waals surface area (Å²) in [5.74, 6) is 0.792. The van der Waals surface area contributed by atoms with E-state index in [1.807, 2.05) is 30.5 Å². The predicted octanol–water partition coefficient (Wildman–Crippen LogP) is 2.99. The fourth-order valence-electron chi connectivity index (χ4n) is 2.81. The van der Waals surface area contributed by atoms with Crippen molar-refractivity contribution in [1.82, 2.24) is 15.0 Å². The van der Waals surface area contributed by atoms with Gasteiger partial charge in [0, 0.05) is 29.1 Å². The van der Waals surface area contributed by atoms with Crippen LogP contribution >= 0.6 is 0 Å². The van der Waals surface area contributed by atoms with Gasteiger partial charge in [0.2, 0.25) is 0 Å². The van der Waals surface area contributed by atoms with Gasteiger partial charge in [-0.2, -0.15) is 5.26 Å². The minimum absolute atomic E-state index is 0.389. The third-order valence-corrected chi connectivity index (χ3v) is 4.02. The Labute approximate surface area is 143 Å². The third-order valence-electron chi connectivity index (χ3n) is 4.02. The Morgan fingerprint density at radius 1 is 1.04 bits per heavy atom. The Balaban J connectivity index is 1.77. The number of ether oxygens (including phenoxy) is 1. The molecule has 0 unspecified atom stereocenters. The van der Waals surface area contributed by atoms with E-state index in [1.54, 1.807) is 12.3 Å². The molecule has 1 aromatic carbocycles. The molecule has 0 amide bonds. The smallest absolute Gasteiger partial charge is 0.141 e. The van der Waals surface area contributed by atoms with Gasteiger partial charge in [0.05, 0.1) is 11.7 Å². The van der Waals surface area contributed by atoms with Gasteiger partial charge in [0.15, 0.2) is 0 Å². The maximum Gasteiger partial charge on any atom is 0.141 e. The zero-order chi connectivity index (χ0) is 17.2. The zero-order valence-corrected chi connectivity index (χ0v) is 13.4. The molecule has 0 atom stereocenters. The second-order valence-electron chi connectivity index (χ2n) is 5.63. The maximum absolute atomic E-state index is 9.07. The summed E-state index contributed by atoms with van der Waals surface area (Å²) in [7, 11) is 0. The molecule has 0 saturated carbocycles. The second-order valence-corrected chi connectivity index (χ2v) is 5.63. The molecule has 122 valence electrons. The third kappa shape index (κ3) is 2.77.